The molecule has 220 valence electrons. The monoisotopic (exact) mass is 581 g/mol. The lowest BCUT2D eigenvalue weighted by Crippen LogP contribution is -2.16. The average molecular weight is 582 g/mol. The van der Waals surface area contributed by atoms with E-state index >= 15 is 0 Å². The quantitative estimate of drug-likeness (QED) is 0.130. The van der Waals surface area contributed by atoms with Crippen LogP contribution in [0.5, 0.6) is 28.7 Å². The van der Waals surface area contributed by atoms with Crippen LogP contribution >= 0.6 is 0 Å². The third-order valence-electron chi connectivity index (χ3n) is 9.36. The number of hydrogen-bond donors (Lipinski definition) is 3. The Kier molecular flexibility index (Phi) is 5.89. The van der Waals surface area contributed by atoms with Gasteiger partial charge in [0.25, 0.3) is 0 Å². The first-order valence-corrected chi connectivity index (χ1v) is 14.3. The van der Waals surface area contributed by atoms with Crippen molar-refractivity contribution in [2.24, 2.45) is 0 Å². The predicted octanol–water partition coefficient (Wildman–Crippen LogP) is 5.78. The van der Waals surface area contributed by atoms with E-state index in [1.54, 1.807) is 0 Å². The van der Waals surface area contributed by atoms with Crippen molar-refractivity contribution < 1.29 is 29.2 Å². The molecule has 5 aromatic carbocycles. The standard InChI is InChI=1S/C34H31NO8/c1-13-10-16-22-27-23(32(39)31(16)35-15-8-6-7-9-15)17(37)11-19(41-3)25(27)26-20(42-4)12-18(38)24-29(26)28(22)30(21(13)14(2)36)34(43-5)33(24)40/h10-12,15,21,35,39-40H,6-9H2,1-5H3. The van der Waals surface area contributed by atoms with Gasteiger partial charge in [0.05, 0.1) is 43.7 Å². The summed E-state index contributed by atoms with van der Waals surface area (Å²) in [5, 5.41) is 29.9. The Morgan fingerprint density at radius 3 is 1.88 bits per heavy atom. The summed E-state index contributed by atoms with van der Waals surface area (Å²) in [4.78, 5) is 40.9. The van der Waals surface area contributed by atoms with E-state index in [9.17, 15) is 24.6 Å². The van der Waals surface area contributed by atoms with Gasteiger partial charge in [-0.1, -0.05) is 24.5 Å². The van der Waals surface area contributed by atoms with E-state index in [0.29, 0.717) is 54.7 Å². The third-order valence-corrected chi connectivity index (χ3v) is 9.36. The summed E-state index contributed by atoms with van der Waals surface area (Å²) in [5.74, 6) is -1.18. The molecule has 0 bridgehead atoms. The van der Waals surface area contributed by atoms with E-state index in [0.717, 1.165) is 25.7 Å². The zero-order valence-corrected chi connectivity index (χ0v) is 24.6. The Labute approximate surface area is 246 Å². The van der Waals surface area contributed by atoms with Crippen molar-refractivity contribution >= 4 is 60.6 Å². The number of ether oxygens (including phenoxy) is 3. The van der Waals surface area contributed by atoms with Crippen LogP contribution in [-0.4, -0.2) is 43.4 Å². The SMILES string of the molecule is COc1c(O)c2c(=O)cc(OC)c3c4c(OC)cc(=O)c5c(O)c(NC6CCCC6)c6c(c(c1C(C(C)=O)C(C)=C6)c23)c54. The van der Waals surface area contributed by atoms with Gasteiger partial charge < -0.3 is 29.7 Å². The minimum absolute atomic E-state index is 0.00429. The van der Waals surface area contributed by atoms with E-state index in [4.69, 9.17) is 14.2 Å². The highest BCUT2D eigenvalue weighted by Crippen LogP contribution is 2.58. The number of fused-ring (bicyclic) bond motifs is 1. The number of benzene rings is 5. The van der Waals surface area contributed by atoms with E-state index < -0.39 is 16.8 Å². The molecule has 1 saturated carbocycles. The van der Waals surface area contributed by atoms with Crippen molar-refractivity contribution in [1.29, 1.82) is 0 Å². The summed E-state index contributed by atoms with van der Waals surface area (Å²) in [6, 6.07) is 2.69. The van der Waals surface area contributed by atoms with Crippen LogP contribution in [-0.2, 0) is 4.79 Å². The van der Waals surface area contributed by atoms with Gasteiger partial charge in [-0.25, -0.2) is 0 Å². The lowest BCUT2D eigenvalue weighted by Gasteiger charge is -2.26. The summed E-state index contributed by atoms with van der Waals surface area (Å²) < 4.78 is 17.3. The third kappa shape index (κ3) is 3.42. The molecule has 5 aromatic rings. The molecule has 0 aromatic heterocycles. The highest BCUT2D eigenvalue weighted by Gasteiger charge is 2.37. The van der Waals surface area contributed by atoms with Crippen LogP contribution in [0.4, 0.5) is 5.69 Å². The molecule has 0 aliphatic heterocycles. The van der Waals surface area contributed by atoms with Gasteiger partial charge in [0.1, 0.15) is 17.3 Å². The largest absolute Gasteiger partial charge is 0.505 e. The Bertz CT molecular complexity index is 2180. The molecule has 0 spiro atoms. The number of phenols is 2. The van der Waals surface area contributed by atoms with Crippen molar-refractivity contribution in [2.45, 2.75) is 51.5 Å². The van der Waals surface area contributed by atoms with Crippen LogP contribution in [0, 0.1) is 0 Å². The molecule has 1 fully saturated rings. The molecule has 7 rings (SSSR count). The van der Waals surface area contributed by atoms with Crippen LogP contribution in [0.15, 0.2) is 27.3 Å². The second-order valence-corrected chi connectivity index (χ2v) is 11.6. The molecule has 2 aliphatic rings. The molecule has 0 heterocycles. The van der Waals surface area contributed by atoms with Crippen molar-refractivity contribution in [1.82, 2.24) is 0 Å². The van der Waals surface area contributed by atoms with Crippen molar-refractivity contribution in [3.8, 4) is 28.7 Å². The van der Waals surface area contributed by atoms with Crippen LogP contribution < -0.4 is 30.4 Å². The number of carbonyl (C=O) groups is 1. The van der Waals surface area contributed by atoms with Crippen LogP contribution in [0.25, 0.3) is 49.2 Å². The van der Waals surface area contributed by atoms with Crippen molar-refractivity contribution in [3.63, 3.8) is 0 Å². The Morgan fingerprint density at radius 1 is 0.791 bits per heavy atom. The number of rotatable bonds is 6. The number of methoxy groups -OCH3 is 3. The molecule has 0 saturated heterocycles. The molecular weight excluding hydrogens is 550 g/mol. The Hall–Kier alpha value is -4.79. The number of aromatic hydroxyl groups is 2. The number of carbonyl (C=O) groups excluding carboxylic acids is 1. The summed E-state index contributed by atoms with van der Waals surface area (Å²) >= 11 is 0. The summed E-state index contributed by atoms with van der Waals surface area (Å²) in [6.07, 6.45) is 5.76. The zero-order chi connectivity index (χ0) is 30.5. The maximum Gasteiger partial charge on any atom is 0.194 e. The second kappa shape index (κ2) is 9.36. The molecule has 43 heavy (non-hydrogen) atoms. The lowest BCUT2D eigenvalue weighted by atomic mass is 9.80. The first-order valence-electron chi connectivity index (χ1n) is 14.3. The number of Topliss-reactive ketones (excluding diaryl/α,β-unsaturated/α-hetero) is 1. The molecule has 0 radical (unpaired) electrons. The minimum Gasteiger partial charge on any atom is -0.505 e. The van der Waals surface area contributed by atoms with Crippen LogP contribution in [0.1, 0.15) is 56.6 Å². The molecule has 0 amide bonds. The molecular formula is C34H31NO8. The number of anilines is 1. The zero-order valence-electron chi connectivity index (χ0n) is 24.6. The van der Waals surface area contributed by atoms with Crippen LogP contribution in [0.3, 0.4) is 0 Å². The highest BCUT2D eigenvalue weighted by molar-refractivity contribution is 6.40. The fourth-order valence-corrected chi connectivity index (χ4v) is 7.69. The van der Waals surface area contributed by atoms with Gasteiger partial charge in [0, 0.05) is 56.2 Å². The molecule has 1 unspecified atom stereocenters. The molecule has 9 heteroatoms. The Balaban J connectivity index is 1.92. The number of phenolic OH excluding ortho intramolecular Hbond substituents is 2. The van der Waals surface area contributed by atoms with E-state index in [2.05, 4.69) is 5.32 Å². The van der Waals surface area contributed by atoms with E-state index in [1.165, 1.54) is 40.4 Å². The molecule has 9 nitrogen and oxygen atoms in total. The minimum atomic E-state index is -0.850. The van der Waals surface area contributed by atoms with Crippen molar-refractivity contribution in [2.75, 3.05) is 26.6 Å². The van der Waals surface area contributed by atoms with Gasteiger partial charge >= 0.3 is 0 Å². The van der Waals surface area contributed by atoms with Gasteiger partial charge in [-0.3, -0.25) is 14.4 Å². The number of allylic oxidation sites excluding steroid dienone is 1. The van der Waals surface area contributed by atoms with E-state index in [-0.39, 0.29) is 51.3 Å². The summed E-state index contributed by atoms with van der Waals surface area (Å²) in [7, 11) is 4.26. The van der Waals surface area contributed by atoms with Gasteiger partial charge in [-0.2, -0.15) is 0 Å². The average Bonchev–Trinajstić information content (AvgIpc) is 3.44. The fraction of sp³-hybridized carbons (Fsp3) is 0.324. The predicted molar refractivity (Wildman–Crippen MR) is 167 cm³/mol. The van der Waals surface area contributed by atoms with Gasteiger partial charge in [-0.05, 0) is 32.1 Å². The molecule has 1 atom stereocenters. The summed E-state index contributed by atoms with van der Waals surface area (Å²) in [5.41, 5.74) is 1.09. The van der Waals surface area contributed by atoms with Crippen molar-refractivity contribution in [3.05, 3.63) is 49.3 Å². The lowest BCUT2D eigenvalue weighted by molar-refractivity contribution is -0.117. The van der Waals surface area contributed by atoms with E-state index in [1.807, 2.05) is 13.0 Å². The number of ketones is 1. The highest BCUT2D eigenvalue weighted by atomic mass is 16.5. The van der Waals surface area contributed by atoms with Gasteiger partial charge in [0.15, 0.2) is 28.1 Å². The summed E-state index contributed by atoms with van der Waals surface area (Å²) in [6.45, 7) is 3.29. The van der Waals surface area contributed by atoms with Crippen LogP contribution in [0.2, 0.25) is 0 Å². The molecule has 2 aliphatic carbocycles. The first-order chi connectivity index (χ1) is 20.6. The number of nitrogens with one attached hydrogen (secondary N) is 1. The maximum atomic E-state index is 13.8. The topological polar surface area (TPSA) is 131 Å². The first kappa shape index (κ1) is 27.1. The van der Waals surface area contributed by atoms with Gasteiger partial charge in [0.2, 0.25) is 0 Å². The maximum absolute atomic E-state index is 13.8. The van der Waals surface area contributed by atoms with Gasteiger partial charge in [-0.15, -0.1) is 0 Å². The fourth-order valence-electron chi connectivity index (χ4n) is 7.69. The number of hydrogen-bond acceptors (Lipinski definition) is 9. The second-order valence-electron chi connectivity index (χ2n) is 11.6. The normalized spacial score (nSPS) is 16.9. The smallest absolute Gasteiger partial charge is 0.194 e. The molecule has 3 N–H and O–H groups in total. The Morgan fingerprint density at radius 2 is 1.35 bits per heavy atom.